The van der Waals surface area contributed by atoms with Crippen molar-refractivity contribution in [2.45, 2.75) is 18.0 Å². The number of alkyl halides is 6. The Morgan fingerprint density at radius 2 is 0.818 bits per heavy atom. The molecule has 0 atom stereocenters. The molecule has 2 nitrogen and oxygen atoms in total. The molecule has 0 amide bonds. The highest BCUT2D eigenvalue weighted by molar-refractivity contribution is 4.92. The third-order valence-corrected chi connectivity index (χ3v) is 0.938. The Kier molecular flexibility index (Phi) is 2.14. The van der Waals surface area contributed by atoms with Crippen molar-refractivity contribution in [2.75, 3.05) is 0 Å². The van der Waals surface area contributed by atoms with E-state index in [0.29, 0.717) is 0 Å². The minimum Gasteiger partial charge on any atom is -0.298 e. The van der Waals surface area contributed by atoms with E-state index in [2.05, 4.69) is 11.5 Å². The molecule has 0 spiro atoms. The van der Waals surface area contributed by atoms with Crippen molar-refractivity contribution >= 4 is 0 Å². The van der Waals surface area contributed by atoms with Crippen molar-refractivity contribution in [2.24, 2.45) is 11.5 Å². The largest absolute Gasteiger partial charge is 0.428 e. The van der Waals surface area contributed by atoms with Crippen LogP contribution in [0.25, 0.3) is 0 Å². The zero-order valence-corrected chi connectivity index (χ0v) is 4.92. The van der Waals surface area contributed by atoms with Gasteiger partial charge in [0.15, 0.2) is 0 Å². The van der Waals surface area contributed by atoms with Crippen molar-refractivity contribution in [3.8, 4) is 0 Å². The summed E-state index contributed by atoms with van der Waals surface area (Å²) in [6.45, 7) is 0. The Morgan fingerprint density at radius 1 is 0.636 bits per heavy atom. The molecular formula is C3H4F6N2. The van der Waals surface area contributed by atoms with E-state index in [9.17, 15) is 26.3 Å². The Balaban J connectivity index is 4.75. The fourth-order valence-corrected chi connectivity index (χ4v) is 0.161. The van der Waals surface area contributed by atoms with Crippen molar-refractivity contribution in [3.05, 3.63) is 0 Å². The van der Waals surface area contributed by atoms with Gasteiger partial charge in [-0.15, -0.1) is 0 Å². The maximum Gasteiger partial charge on any atom is 0.428 e. The van der Waals surface area contributed by atoms with Crippen LogP contribution in [-0.4, -0.2) is 18.0 Å². The monoisotopic (exact) mass is 182 g/mol. The Hall–Kier alpha value is -0.500. The first-order chi connectivity index (χ1) is 4.50. The number of hydrogen-bond acceptors (Lipinski definition) is 2. The van der Waals surface area contributed by atoms with Crippen LogP contribution in [0.1, 0.15) is 0 Å². The molecule has 0 aliphatic heterocycles. The zero-order valence-electron chi connectivity index (χ0n) is 4.92. The lowest BCUT2D eigenvalue weighted by Crippen LogP contribution is -2.70. The highest BCUT2D eigenvalue weighted by atomic mass is 19.4. The summed E-state index contributed by atoms with van der Waals surface area (Å²) in [5.74, 6) is 0. The molecule has 0 aliphatic carbocycles. The van der Waals surface area contributed by atoms with Gasteiger partial charge in [-0.1, -0.05) is 0 Å². The van der Waals surface area contributed by atoms with Crippen LogP contribution >= 0.6 is 0 Å². The molecule has 0 fully saturated rings. The lowest BCUT2D eigenvalue weighted by molar-refractivity contribution is -0.294. The van der Waals surface area contributed by atoms with Gasteiger partial charge in [0.05, 0.1) is 0 Å². The topological polar surface area (TPSA) is 52.0 Å². The third kappa shape index (κ3) is 1.74. The van der Waals surface area contributed by atoms with E-state index in [1.807, 2.05) is 0 Å². The lowest BCUT2D eigenvalue weighted by atomic mass is 10.2. The van der Waals surface area contributed by atoms with Crippen LogP contribution in [0.5, 0.6) is 0 Å². The number of hydrogen-bond donors (Lipinski definition) is 2. The van der Waals surface area contributed by atoms with Gasteiger partial charge in [0.25, 0.3) is 5.66 Å². The maximum atomic E-state index is 11.4. The molecule has 0 rings (SSSR count). The fraction of sp³-hybridized carbons (Fsp3) is 1.00. The molecule has 4 N–H and O–H groups in total. The van der Waals surface area contributed by atoms with E-state index in [-0.39, 0.29) is 0 Å². The molecule has 0 aromatic rings. The van der Waals surface area contributed by atoms with Crippen LogP contribution in [0.3, 0.4) is 0 Å². The van der Waals surface area contributed by atoms with Gasteiger partial charge in [0.2, 0.25) is 0 Å². The van der Waals surface area contributed by atoms with Crippen LogP contribution in [0.4, 0.5) is 26.3 Å². The molecule has 0 saturated heterocycles. The van der Waals surface area contributed by atoms with Crippen LogP contribution in [-0.2, 0) is 0 Å². The van der Waals surface area contributed by atoms with E-state index in [1.165, 1.54) is 0 Å². The summed E-state index contributed by atoms with van der Waals surface area (Å²) in [6.07, 6.45) is -11.4. The molecule has 0 aliphatic rings. The second-order valence-electron chi connectivity index (χ2n) is 1.86. The van der Waals surface area contributed by atoms with Crippen molar-refractivity contribution in [1.29, 1.82) is 0 Å². The first-order valence-electron chi connectivity index (χ1n) is 2.21. The molecule has 11 heavy (non-hydrogen) atoms. The molecule has 0 unspecified atom stereocenters. The quantitative estimate of drug-likeness (QED) is 0.428. The summed E-state index contributed by atoms with van der Waals surface area (Å²) in [4.78, 5) is 0. The van der Waals surface area contributed by atoms with E-state index in [4.69, 9.17) is 0 Å². The fourth-order valence-electron chi connectivity index (χ4n) is 0.161. The lowest BCUT2D eigenvalue weighted by Gasteiger charge is -2.28. The molecule has 0 saturated carbocycles. The van der Waals surface area contributed by atoms with E-state index in [0.717, 1.165) is 0 Å². The van der Waals surface area contributed by atoms with Gasteiger partial charge >= 0.3 is 12.4 Å². The van der Waals surface area contributed by atoms with Gasteiger partial charge in [0, 0.05) is 0 Å². The maximum absolute atomic E-state index is 11.4. The van der Waals surface area contributed by atoms with Gasteiger partial charge in [-0.25, -0.2) is 0 Å². The SMILES string of the molecule is NC(N)(C(F)(F)F)C(F)(F)F. The van der Waals surface area contributed by atoms with Crippen LogP contribution < -0.4 is 11.5 Å². The van der Waals surface area contributed by atoms with Gasteiger partial charge in [0.1, 0.15) is 0 Å². The van der Waals surface area contributed by atoms with Crippen LogP contribution in [0.2, 0.25) is 0 Å². The molecule has 8 heteroatoms. The summed E-state index contributed by atoms with van der Waals surface area (Å²) >= 11 is 0. The Bertz CT molecular complexity index is 127. The summed E-state index contributed by atoms with van der Waals surface area (Å²) in [6, 6.07) is 0. The standard InChI is InChI=1S/C3H4F6N2/c4-2(5,6)1(10,11)3(7,8)9/h10-11H2. The first-order valence-corrected chi connectivity index (χ1v) is 2.21. The van der Waals surface area contributed by atoms with Gasteiger partial charge in [-0.3, -0.25) is 11.5 Å². The number of halogens is 6. The summed E-state index contributed by atoms with van der Waals surface area (Å²) in [5, 5.41) is 0. The molecule has 68 valence electrons. The molecular weight excluding hydrogens is 178 g/mol. The summed E-state index contributed by atoms with van der Waals surface area (Å²) in [5.41, 5.74) is 2.97. The van der Waals surface area contributed by atoms with Gasteiger partial charge < -0.3 is 0 Å². The minimum absolute atomic E-state index is 3.80. The predicted molar refractivity (Wildman–Crippen MR) is 23.2 cm³/mol. The molecule has 0 aromatic carbocycles. The number of rotatable bonds is 0. The zero-order chi connectivity index (χ0) is 9.50. The highest BCUT2D eigenvalue weighted by Gasteiger charge is 2.66. The average molecular weight is 182 g/mol. The summed E-state index contributed by atoms with van der Waals surface area (Å²) in [7, 11) is 0. The van der Waals surface area contributed by atoms with Crippen LogP contribution in [0.15, 0.2) is 0 Å². The summed E-state index contributed by atoms with van der Waals surface area (Å²) < 4.78 is 68.2. The smallest absolute Gasteiger partial charge is 0.298 e. The van der Waals surface area contributed by atoms with E-state index in [1.54, 1.807) is 0 Å². The Morgan fingerprint density at radius 3 is 0.818 bits per heavy atom. The predicted octanol–water partition coefficient (Wildman–Crippen LogP) is 0.725. The highest BCUT2D eigenvalue weighted by Crippen LogP contribution is 2.36. The van der Waals surface area contributed by atoms with Crippen molar-refractivity contribution in [1.82, 2.24) is 0 Å². The Labute approximate surface area is 57.1 Å². The minimum atomic E-state index is -5.69. The van der Waals surface area contributed by atoms with Gasteiger partial charge in [-0.2, -0.15) is 26.3 Å². The van der Waals surface area contributed by atoms with Gasteiger partial charge in [-0.05, 0) is 0 Å². The average Bonchev–Trinajstić information content (AvgIpc) is 1.58. The molecule has 0 heterocycles. The second-order valence-corrected chi connectivity index (χ2v) is 1.86. The molecule has 0 radical (unpaired) electrons. The second kappa shape index (κ2) is 2.24. The first kappa shape index (κ1) is 10.5. The van der Waals surface area contributed by atoms with E-state index >= 15 is 0 Å². The molecule has 0 bridgehead atoms. The van der Waals surface area contributed by atoms with Crippen LogP contribution in [0, 0.1) is 0 Å². The third-order valence-electron chi connectivity index (χ3n) is 0.938. The number of nitrogens with two attached hydrogens (primary N) is 2. The molecule has 0 aromatic heterocycles. The van der Waals surface area contributed by atoms with E-state index < -0.39 is 18.0 Å². The van der Waals surface area contributed by atoms with Crippen molar-refractivity contribution in [3.63, 3.8) is 0 Å². The van der Waals surface area contributed by atoms with Crippen molar-refractivity contribution < 1.29 is 26.3 Å². The normalized spacial score (nSPS) is 15.3.